The van der Waals surface area contributed by atoms with Crippen molar-refractivity contribution in [2.45, 2.75) is 5.75 Å². The third-order valence-corrected chi connectivity index (χ3v) is 2.29. The topological polar surface area (TPSA) is 0 Å². The molecule has 1 aromatic carbocycles. The standard InChI is InChI=1S/C9H7IS/c1-2-7-3-8(6-11)5-9(10)4-7/h1,3-5,11H,6H2. The van der Waals surface area contributed by atoms with Crippen LogP contribution in [0.5, 0.6) is 0 Å². The molecule has 0 aliphatic carbocycles. The fraction of sp³-hybridized carbons (Fsp3) is 0.111. The molecule has 0 fully saturated rings. The van der Waals surface area contributed by atoms with Gasteiger partial charge >= 0.3 is 0 Å². The summed E-state index contributed by atoms with van der Waals surface area (Å²) < 4.78 is 1.17. The van der Waals surface area contributed by atoms with Gasteiger partial charge in [-0.2, -0.15) is 12.6 Å². The second-order valence-corrected chi connectivity index (χ2v) is 3.71. The lowest BCUT2D eigenvalue weighted by Crippen LogP contribution is -1.83. The van der Waals surface area contributed by atoms with E-state index in [1.54, 1.807) is 0 Å². The van der Waals surface area contributed by atoms with Gasteiger partial charge in [0.2, 0.25) is 0 Å². The predicted molar refractivity (Wildman–Crippen MR) is 59.8 cm³/mol. The van der Waals surface area contributed by atoms with Gasteiger partial charge in [-0.25, -0.2) is 0 Å². The normalized spacial score (nSPS) is 9.18. The molecule has 56 valence electrons. The van der Waals surface area contributed by atoms with Crippen LogP contribution in [0.4, 0.5) is 0 Å². The lowest BCUT2D eigenvalue weighted by Gasteiger charge is -1.98. The molecule has 11 heavy (non-hydrogen) atoms. The molecule has 2 heteroatoms. The molecular weight excluding hydrogens is 267 g/mol. The van der Waals surface area contributed by atoms with Crippen LogP contribution in [0.2, 0.25) is 0 Å². The van der Waals surface area contributed by atoms with Gasteiger partial charge in [0.1, 0.15) is 0 Å². The largest absolute Gasteiger partial charge is 0.175 e. The summed E-state index contributed by atoms with van der Waals surface area (Å²) in [6.07, 6.45) is 5.26. The highest BCUT2D eigenvalue weighted by molar-refractivity contribution is 14.1. The number of thiol groups is 1. The maximum Gasteiger partial charge on any atom is 0.0256 e. The lowest BCUT2D eigenvalue weighted by atomic mass is 10.1. The van der Waals surface area contributed by atoms with E-state index in [4.69, 9.17) is 6.42 Å². The SMILES string of the molecule is C#Cc1cc(I)cc(CS)c1. The Balaban J connectivity index is 3.15. The Hall–Kier alpha value is -0.140. The van der Waals surface area contributed by atoms with Gasteiger partial charge in [0.15, 0.2) is 0 Å². The highest BCUT2D eigenvalue weighted by atomic mass is 127. The van der Waals surface area contributed by atoms with Crippen molar-refractivity contribution in [1.82, 2.24) is 0 Å². The number of hydrogen-bond acceptors (Lipinski definition) is 1. The van der Waals surface area contributed by atoms with E-state index in [-0.39, 0.29) is 0 Å². The minimum absolute atomic E-state index is 0.742. The van der Waals surface area contributed by atoms with Crippen LogP contribution in [-0.4, -0.2) is 0 Å². The molecule has 0 saturated carbocycles. The number of hydrogen-bond donors (Lipinski definition) is 1. The summed E-state index contributed by atoms with van der Waals surface area (Å²) in [7, 11) is 0. The second kappa shape index (κ2) is 4.03. The maximum atomic E-state index is 5.26. The van der Waals surface area contributed by atoms with Crippen LogP contribution in [0.25, 0.3) is 0 Å². The van der Waals surface area contributed by atoms with Crippen molar-refractivity contribution >= 4 is 35.2 Å². The number of halogens is 1. The first-order valence-corrected chi connectivity index (χ1v) is 4.84. The van der Waals surface area contributed by atoms with Crippen LogP contribution in [0.15, 0.2) is 18.2 Å². The Labute approximate surface area is 85.9 Å². The third-order valence-electron chi connectivity index (χ3n) is 1.31. The van der Waals surface area contributed by atoms with Crippen LogP contribution in [-0.2, 0) is 5.75 Å². The Morgan fingerprint density at radius 3 is 2.73 bits per heavy atom. The molecule has 1 aromatic rings. The quantitative estimate of drug-likeness (QED) is 0.454. The molecular formula is C9H7IS. The molecule has 0 heterocycles. The molecule has 0 bridgehead atoms. The lowest BCUT2D eigenvalue weighted by molar-refractivity contribution is 1.39. The van der Waals surface area contributed by atoms with Crippen LogP contribution in [0, 0.1) is 15.9 Å². The van der Waals surface area contributed by atoms with Crippen LogP contribution in [0.3, 0.4) is 0 Å². The van der Waals surface area contributed by atoms with Crippen molar-refractivity contribution in [1.29, 1.82) is 0 Å². The van der Waals surface area contributed by atoms with E-state index >= 15 is 0 Å². The highest BCUT2D eigenvalue weighted by Gasteiger charge is 1.94. The van der Waals surface area contributed by atoms with Crippen LogP contribution < -0.4 is 0 Å². The molecule has 0 atom stereocenters. The Morgan fingerprint density at radius 1 is 1.45 bits per heavy atom. The fourth-order valence-electron chi connectivity index (χ4n) is 0.825. The zero-order valence-corrected chi connectivity index (χ0v) is 8.89. The average Bonchev–Trinajstić information content (AvgIpc) is 2.03. The van der Waals surface area contributed by atoms with Crippen molar-refractivity contribution in [3.8, 4) is 12.3 Å². The third kappa shape index (κ3) is 2.42. The van der Waals surface area contributed by atoms with Gasteiger partial charge in [0.25, 0.3) is 0 Å². The fourth-order valence-corrected chi connectivity index (χ4v) is 1.74. The first-order valence-electron chi connectivity index (χ1n) is 3.13. The Kier molecular flexibility index (Phi) is 3.28. The van der Waals surface area contributed by atoms with Gasteiger partial charge in [0.05, 0.1) is 0 Å². The van der Waals surface area contributed by atoms with Gasteiger partial charge < -0.3 is 0 Å². The van der Waals surface area contributed by atoms with E-state index in [0.29, 0.717) is 0 Å². The van der Waals surface area contributed by atoms with Crippen LogP contribution in [0.1, 0.15) is 11.1 Å². The van der Waals surface area contributed by atoms with Crippen molar-refractivity contribution in [2.75, 3.05) is 0 Å². The van der Waals surface area contributed by atoms with E-state index in [9.17, 15) is 0 Å². The van der Waals surface area contributed by atoms with Crippen molar-refractivity contribution in [3.63, 3.8) is 0 Å². The molecule has 0 saturated heterocycles. The summed E-state index contributed by atoms with van der Waals surface area (Å²) in [4.78, 5) is 0. The molecule has 0 amide bonds. The first kappa shape index (κ1) is 8.95. The summed E-state index contributed by atoms with van der Waals surface area (Å²) in [5.74, 6) is 3.35. The molecule has 0 aromatic heterocycles. The molecule has 1 rings (SSSR count). The zero-order chi connectivity index (χ0) is 8.27. The molecule has 0 nitrogen and oxygen atoms in total. The predicted octanol–water partition coefficient (Wildman–Crippen LogP) is 2.70. The Bertz CT molecular complexity index is 299. The molecule has 0 radical (unpaired) electrons. The van der Waals surface area contributed by atoms with E-state index in [2.05, 4.69) is 47.2 Å². The summed E-state index contributed by atoms with van der Waals surface area (Å²) in [5, 5.41) is 0. The summed E-state index contributed by atoms with van der Waals surface area (Å²) in [6.45, 7) is 0. The van der Waals surface area contributed by atoms with Gasteiger partial charge in [0, 0.05) is 14.9 Å². The van der Waals surface area contributed by atoms with Gasteiger partial charge in [-0.15, -0.1) is 6.42 Å². The molecule has 0 unspecified atom stereocenters. The monoisotopic (exact) mass is 274 g/mol. The van der Waals surface area contributed by atoms with Crippen LogP contribution >= 0.6 is 35.2 Å². The number of benzene rings is 1. The average molecular weight is 274 g/mol. The van der Waals surface area contributed by atoms with E-state index in [1.807, 2.05) is 12.1 Å². The number of rotatable bonds is 1. The zero-order valence-electron chi connectivity index (χ0n) is 5.84. The van der Waals surface area contributed by atoms with Crippen molar-refractivity contribution in [3.05, 3.63) is 32.9 Å². The summed E-state index contributed by atoms with van der Waals surface area (Å²) >= 11 is 6.42. The van der Waals surface area contributed by atoms with E-state index in [0.717, 1.165) is 11.3 Å². The van der Waals surface area contributed by atoms with E-state index < -0.39 is 0 Å². The maximum absolute atomic E-state index is 5.26. The van der Waals surface area contributed by atoms with Crippen molar-refractivity contribution in [2.24, 2.45) is 0 Å². The van der Waals surface area contributed by atoms with E-state index in [1.165, 1.54) is 9.13 Å². The van der Waals surface area contributed by atoms with Gasteiger partial charge in [-0.3, -0.25) is 0 Å². The summed E-state index contributed by atoms with van der Waals surface area (Å²) in [5.41, 5.74) is 2.11. The van der Waals surface area contributed by atoms with Gasteiger partial charge in [-0.1, -0.05) is 5.92 Å². The smallest absolute Gasteiger partial charge is 0.0256 e. The first-order chi connectivity index (χ1) is 5.26. The minimum atomic E-state index is 0.742. The molecule has 0 aliphatic rings. The molecule has 0 N–H and O–H groups in total. The van der Waals surface area contributed by atoms with Crippen molar-refractivity contribution < 1.29 is 0 Å². The highest BCUT2D eigenvalue weighted by Crippen LogP contribution is 2.13. The summed E-state index contributed by atoms with van der Waals surface area (Å²) in [6, 6.07) is 6.04. The molecule has 0 aliphatic heterocycles. The molecule has 0 spiro atoms. The second-order valence-electron chi connectivity index (χ2n) is 2.15. The van der Waals surface area contributed by atoms with Gasteiger partial charge in [-0.05, 0) is 46.4 Å². The minimum Gasteiger partial charge on any atom is -0.175 e. The number of terminal acetylenes is 1. The Morgan fingerprint density at radius 2 is 2.18 bits per heavy atom.